The van der Waals surface area contributed by atoms with Gasteiger partial charge in [0, 0.05) is 31.5 Å². The van der Waals surface area contributed by atoms with Crippen LogP contribution in [0.4, 0.5) is 11.4 Å². The molecule has 0 unspecified atom stereocenters. The molecular formula is C25H25N5O5. The second kappa shape index (κ2) is 9.59. The van der Waals surface area contributed by atoms with Crippen molar-refractivity contribution in [2.24, 2.45) is 0 Å². The number of carbonyl (C=O) groups excluding carboxylic acids is 2. The largest absolute Gasteiger partial charge is 0.463 e. The summed E-state index contributed by atoms with van der Waals surface area (Å²) < 4.78 is 16.1. The summed E-state index contributed by atoms with van der Waals surface area (Å²) in [5.74, 6) is -0.163. The van der Waals surface area contributed by atoms with Crippen LogP contribution < -0.4 is 10.2 Å². The molecule has 0 bridgehead atoms. The van der Waals surface area contributed by atoms with Gasteiger partial charge in [-0.25, -0.2) is 4.98 Å². The lowest BCUT2D eigenvalue weighted by Crippen LogP contribution is -2.36. The number of morpholine rings is 1. The number of rotatable bonds is 6. The van der Waals surface area contributed by atoms with E-state index in [0.29, 0.717) is 47.0 Å². The Hall–Kier alpha value is -4.18. The van der Waals surface area contributed by atoms with E-state index in [1.54, 1.807) is 32.2 Å². The van der Waals surface area contributed by atoms with Crippen molar-refractivity contribution in [3.05, 3.63) is 60.0 Å². The molecule has 3 aromatic heterocycles. The van der Waals surface area contributed by atoms with Crippen molar-refractivity contribution in [3.8, 4) is 11.5 Å². The van der Waals surface area contributed by atoms with Gasteiger partial charge in [0.1, 0.15) is 5.69 Å². The molecule has 10 heteroatoms. The highest BCUT2D eigenvalue weighted by Gasteiger charge is 2.23. The molecule has 0 spiro atoms. The van der Waals surface area contributed by atoms with E-state index >= 15 is 0 Å². The van der Waals surface area contributed by atoms with Crippen LogP contribution in [0.5, 0.6) is 0 Å². The zero-order chi connectivity index (χ0) is 24.4. The van der Waals surface area contributed by atoms with E-state index in [1.807, 2.05) is 24.3 Å². The van der Waals surface area contributed by atoms with Gasteiger partial charge in [0.25, 0.3) is 11.6 Å². The van der Waals surface area contributed by atoms with Crippen molar-refractivity contribution in [2.75, 3.05) is 50.1 Å². The first-order valence-corrected chi connectivity index (χ1v) is 11.3. The fraction of sp³-hybridized carbons (Fsp3) is 0.280. The van der Waals surface area contributed by atoms with Crippen molar-refractivity contribution in [2.45, 2.75) is 6.92 Å². The molecule has 1 aliphatic rings. The minimum atomic E-state index is -0.352. The summed E-state index contributed by atoms with van der Waals surface area (Å²) in [5, 5.41) is 7.31. The summed E-state index contributed by atoms with van der Waals surface area (Å²) >= 11 is 0. The average Bonchev–Trinajstić information content (AvgIpc) is 3.54. The maximum Gasteiger partial charge on any atom is 0.259 e. The average molecular weight is 476 g/mol. The van der Waals surface area contributed by atoms with Crippen LogP contribution in [0.25, 0.3) is 22.6 Å². The van der Waals surface area contributed by atoms with Gasteiger partial charge in [-0.2, -0.15) is 0 Å². The number of anilines is 2. The molecule has 1 aliphatic heterocycles. The Balaban J connectivity index is 1.29. The number of hydrogen-bond donors (Lipinski definition) is 1. The molecule has 1 fully saturated rings. The summed E-state index contributed by atoms with van der Waals surface area (Å²) in [5.41, 5.74) is 3.30. The standard InChI is InChI=1S/C25H25N5O5/c1-16-23-19(14-20(21-4-3-11-34-21)27-24(23)35-28-16)25(32)29(2)15-22(31)26-17-5-7-18(8-6-17)30-9-12-33-13-10-30/h3-8,11,14H,9-10,12-13,15H2,1-2H3,(H,26,31). The van der Waals surface area contributed by atoms with Crippen LogP contribution in [0.1, 0.15) is 16.1 Å². The van der Waals surface area contributed by atoms with Crippen LogP contribution in [-0.4, -0.2) is 66.8 Å². The lowest BCUT2D eigenvalue weighted by Gasteiger charge is -2.28. The summed E-state index contributed by atoms with van der Waals surface area (Å²) in [4.78, 5) is 34.0. The van der Waals surface area contributed by atoms with E-state index < -0.39 is 0 Å². The number of hydrogen-bond acceptors (Lipinski definition) is 8. The Morgan fingerprint density at radius 1 is 1.14 bits per heavy atom. The van der Waals surface area contributed by atoms with Crippen LogP contribution in [0.15, 0.2) is 57.7 Å². The molecule has 0 radical (unpaired) electrons. The van der Waals surface area contributed by atoms with E-state index in [9.17, 15) is 9.59 Å². The van der Waals surface area contributed by atoms with Crippen LogP contribution in [-0.2, 0) is 9.53 Å². The van der Waals surface area contributed by atoms with Gasteiger partial charge in [0.15, 0.2) is 5.76 Å². The summed E-state index contributed by atoms with van der Waals surface area (Å²) in [6.07, 6.45) is 1.53. The molecule has 2 amide bonds. The van der Waals surface area contributed by atoms with Crippen molar-refractivity contribution >= 4 is 34.3 Å². The minimum absolute atomic E-state index is 0.131. The van der Waals surface area contributed by atoms with Gasteiger partial charge in [0.05, 0.1) is 42.7 Å². The Morgan fingerprint density at radius 2 is 1.91 bits per heavy atom. The first-order valence-electron chi connectivity index (χ1n) is 11.3. The molecule has 0 saturated carbocycles. The predicted octanol–water partition coefficient (Wildman–Crippen LogP) is 3.34. The molecule has 4 heterocycles. The number of pyridine rings is 1. The quantitative estimate of drug-likeness (QED) is 0.452. The minimum Gasteiger partial charge on any atom is -0.463 e. The Morgan fingerprint density at radius 3 is 2.63 bits per heavy atom. The smallest absolute Gasteiger partial charge is 0.259 e. The van der Waals surface area contributed by atoms with Gasteiger partial charge in [0.2, 0.25) is 5.91 Å². The molecule has 4 aromatic rings. The number of fused-ring (bicyclic) bond motifs is 1. The van der Waals surface area contributed by atoms with E-state index in [1.165, 1.54) is 11.2 Å². The number of nitrogens with one attached hydrogen (secondary N) is 1. The molecule has 35 heavy (non-hydrogen) atoms. The fourth-order valence-corrected chi connectivity index (χ4v) is 4.08. The van der Waals surface area contributed by atoms with Gasteiger partial charge in [-0.1, -0.05) is 5.16 Å². The fourth-order valence-electron chi connectivity index (χ4n) is 4.08. The van der Waals surface area contributed by atoms with Crippen LogP contribution >= 0.6 is 0 Å². The van der Waals surface area contributed by atoms with Crippen molar-refractivity contribution in [1.29, 1.82) is 0 Å². The van der Waals surface area contributed by atoms with Crippen molar-refractivity contribution in [1.82, 2.24) is 15.0 Å². The van der Waals surface area contributed by atoms with E-state index in [4.69, 9.17) is 13.7 Å². The molecule has 1 aromatic carbocycles. The number of ether oxygens (including phenoxy) is 1. The van der Waals surface area contributed by atoms with Gasteiger partial charge in [-0.15, -0.1) is 0 Å². The van der Waals surface area contributed by atoms with Crippen LogP contribution in [0.2, 0.25) is 0 Å². The van der Waals surface area contributed by atoms with Crippen LogP contribution in [0.3, 0.4) is 0 Å². The van der Waals surface area contributed by atoms with E-state index in [2.05, 4.69) is 20.4 Å². The Labute approximate surface area is 201 Å². The normalized spacial score (nSPS) is 13.7. The second-order valence-electron chi connectivity index (χ2n) is 8.34. The molecule has 1 saturated heterocycles. The highest BCUT2D eigenvalue weighted by molar-refractivity contribution is 6.08. The van der Waals surface area contributed by atoms with Crippen molar-refractivity contribution < 1.29 is 23.3 Å². The first-order chi connectivity index (χ1) is 17.0. The van der Waals surface area contributed by atoms with Crippen molar-refractivity contribution in [3.63, 3.8) is 0 Å². The molecule has 1 N–H and O–H groups in total. The number of amides is 2. The third kappa shape index (κ3) is 4.73. The highest BCUT2D eigenvalue weighted by Crippen LogP contribution is 2.28. The van der Waals surface area contributed by atoms with Gasteiger partial charge < -0.3 is 28.8 Å². The molecule has 180 valence electrons. The number of carbonyl (C=O) groups is 2. The SMILES string of the molecule is Cc1noc2nc(-c3ccco3)cc(C(=O)N(C)CC(=O)Nc3ccc(N4CCOCC4)cc3)c12. The number of nitrogens with zero attached hydrogens (tertiary/aromatic N) is 4. The summed E-state index contributed by atoms with van der Waals surface area (Å²) in [7, 11) is 1.57. The van der Waals surface area contributed by atoms with Gasteiger partial charge in [-0.3, -0.25) is 9.59 Å². The third-order valence-corrected chi connectivity index (χ3v) is 5.88. The highest BCUT2D eigenvalue weighted by atomic mass is 16.5. The number of benzene rings is 1. The zero-order valence-electron chi connectivity index (χ0n) is 19.5. The molecule has 0 aliphatic carbocycles. The number of aromatic nitrogens is 2. The number of likely N-dealkylation sites (N-methyl/N-ethyl adjacent to an activating group) is 1. The molecule has 0 atom stereocenters. The first kappa shape index (κ1) is 22.6. The number of furan rings is 1. The Kier molecular flexibility index (Phi) is 6.19. The van der Waals surface area contributed by atoms with Crippen LogP contribution in [0, 0.1) is 6.92 Å². The monoisotopic (exact) mass is 475 g/mol. The molecule has 10 nitrogen and oxygen atoms in total. The summed E-state index contributed by atoms with van der Waals surface area (Å²) in [6, 6.07) is 12.8. The zero-order valence-corrected chi connectivity index (χ0v) is 19.5. The second-order valence-corrected chi connectivity index (χ2v) is 8.34. The molecular weight excluding hydrogens is 450 g/mol. The maximum absolute atomic E-state index is 13.3. The predicted molar refractivity (Wildman–Crippen MR) is 129 cm³/mol. The number of aryl methyl sites for hydroxylation is 1. The lowest BCUT2D eigenvalue weighted by atomic mass is 10.1. The maximum atomic E-state index is 13.3. The van der Waals surface area contributed by atoms with Gasteiger partial charge >= 0.3 is 0 Å². The molecule has 5 rings (SSSR count). The summed E-state index contributed by atoms with van der Waals surface area (Å²) in [6.45, 7) is 4.71. The van der Waals surface area contributed by atoms with Gasteiger partial charge in [-0.05, 0) is 49.4 Å². The van der Waals surface area contributed by atoms with E-state index in [-0.39, 0.29) is 24.1 Å². The Bertz CT molecular complexity index is 1340. The topological polar surface area (TPSA) is 114 Å². The lowest BCUT2D eigenvalue weighted by molar-refractivity contribution is -0.116. The third-order valence-electron chi connectivity index (χ3n) is 5.88. The van der Waals surface area contributed by atoms with E-state index in [0.717, 1.165) is 18.8 Å².